The Kier molecular flexibility index (Phi) is 7.88. The Morgan fingerprint density at radius 3 is 2.50 bits per heavy atom. The molecule has 2 N–H and O–H groups in total. The molecule has 9 atom stereocenters. The number of hydrogen-bond acceptors (Lipinski definition) is 7. The van der Waals surface area contributed by atoms with Gasteiger partial charge < -0.3 is 25.2 Å². The lowest BCUT2D eigenvalue weighted by molar-refractivity contribution is -0.183. The van der Waals surface area contributed by atoms with E-state index < -0.39 is 100 Å². The lowest BCUT2D eigenvalue weighted by atomic mass is 9.77. The largest absolute Gasteiger partial charge is 0.471 e. The summed E-state index contributed by atoms with van der Waals surface area (Å²) in [5.41, 5.74) is -3.22. The second-order valence-electron chi connectivity index (χ2n) is 14.3. The monoisotopic (exact) mass is 704 g/mol. The van der Waals surface area contributed by atoms with Crippen LogP contribution in [-0.4, -0.2) is 92.7 Å². The normalized spacial score (nSPS) is 33.1. The standard InChI is InChI=1S/C30H31ClF6N6O5/c1-27(2,3)21(40-26(47)29(34,35)30(31,36)37)24(45)42-10-16-12-4-15(17(33)5-12)19(16)20(42)23(44)43-11-28(7-14(43)8-38)25(46)41-22-18(48-28)6-13(32)9-39-22/h6,9,12,14-17,19-21H,4-5,7,10-11H2,1-3H3,(H,40,47)(H,39,41,46). The van der Waals surface area contributed by atoms with Gasteiger partial charge in [0.25, 0.3) is 11.8 Å². The number of nitriles is 1. The van der Waals surface area contributed by atoms with Crippen LogP contribution in [-0.2, 0) is 19.2 Å². The number of hydrogen-bond donors (Lipinski definition) is 2. The quantitative estimate of drug-likeness (QED) is 0.354. The van der Waals surface area contributed by atoms with E-state index in [-0.39, 0.29) is 36.9 Å². The Balaban J connectivity index is 1.34. The summed E-state index contributed by atoms with van der Waals surface area (Å²) in [7, 11) is 0. The highest BCUT2D eigenvalue weighted by Crippen LogP contribution is 2.59. The third-order valence-corrected chi connectivity index (χ3v) is 10.6. The molecule has 2 saturated heterocycles. The first kappa shape index (κ1) is 34.1. The summed E-state index contributed by atoms with van der Waals surface area (Å²) in [6.45, 7) is 3.49. The van der Waals surface area contributed by atoms with Gasteiger partial charge in [0.05, 0.1) is 18.8 Å². The number of ether oxygens (including phenoxy) is 1. The molecule has 6 rings (SSSR count). The Bertz CT molecular complexity index is 1620. The molecule has 2 aliphatic carbocycles. The number of carbonyl (C=O) groups is 4. The van der Waals surface area contributed by atoms with E-state index in [1.165, 1.54) is 20.8 Å². The van der Waals surface area contributed by atoms with E-state index >= 15 is 4.39 Å². The van der Waals surface area contributed by atoms with E-state index in [0.717, 1.165) is 22.1 Å². The van der Waals surface area contributed by atoms with Gasteiger partial charge in [0, 0.05) is 19.0 Å². The fourth-order valence-electron chi connectivity index (χ4n) is 8.11. The number of alkyl halides is 6. The Hall–Kier alpha value is -3.81. The zero-order chi connectivity index (χ0) is 35.3. The first-order chi connectivity index (χ1) is 22.2. The minimum Gasteiger partial charge on any atom is -0.471 e. The summed E-state index contributed by atoms with van der Waals surface area (Å²) in [6, 6.07) is -1.71. The van der Waals surface area contributed by atoms with Crippen LogP contribution in [0.15, 0.2) is 12.3 Å². The third-order valence-electron chi connectivity index (χ3n) is 10.4. The average molecular weight is 705 g/mol. The highest BCUT2D eigenvalue weighted by Gasteiger charge is 2.66. The molecule has 1 aromatic rings. The molecule has 1 spiro atoms. The maximum atomic E-state index is 15.2. The molecule has 2 bridgehead atoms. The van der Waals surface area contributed by atoms with E-state index in [1.807, 2.05) is 6.07 Å². The molecule has 11 nitrogen and oxygen atoms in total. The molecule has 18 heteroatoms. The lowest BCUT2D eigenvalue weighted by Crippen LogP contribution is -2.62. The van der Waals surface area contributed by atoms with Gasteiger partial charge in [0.2, 0.25) is 17.4 Å². The van der Waals surface area contributed by atoms with E-state index in [0.29, 0.717) is 6.42 Å². The molecule has 0 radical (unpaired) electrons. The van der Waals surface area contributed by atoms with Crippen LogP contribution in [0.4, 0.5) is 32.2 Å². The van der Waals surface area contributed by atoms with E-state index in [1.54, 1.807) is 5.32 Å². The Morgan fingerprint density at radius 1 is 1.19 bits per heavy atom. The Labute approximate surface area is 275 Å². The number of anilines is 1. The van der Waals surface area contributed by atoms with Crippen molar-refractivity contribution in [3.63, 3.8) is 0 Å². The van der Waals surface area contributed by atoms with Crippen molar-refractivity contribution in [1.82, 2.24) is 20.1 Å². The highest BCUT2D eigenvalue weighted by molar-refractivity contribution is 6.24. The van der Waals surface area contributed by atoms with Crippen molar-refractivity contribution < 1.29 is 50.3 Å². The first-order valence-electron chi connectivity index (χ1n) is 15.3. The molecule has 4 heterocycles. The Morgan fingerprint density at radius 2 is 1.88 bits per heavy atom. The first-order valence-corrected chi connectivity index (χ1v) is 15.6. The van der Waals surface area contributed by atoms with Crippen molar-refractivity contribution in [3.8, 4) is 11.8 Å². The van der Waals surface area contributed by atoms with Gasteiger partial charge in [-0.3, -0.25) is 19.2 Å². The summed E-state index contributed by atoms with van der Waals surface area (Å²) in [5, 5.41) is 8.99. The number of nitrogens with zero attached hydrogens (tertiary/aromatic N) is 4. The van der Waals surface area contributed by atoms with Crippen LogP contribution in [0.1, 0.15) is 40.0 Å². The minimum atomic E-state index is -5.41. The van der Waals surface area contributed by atoms with Crippen LogP contribution in [0.2, 0.25) is 0 Å². The summed E-state index contributed by atoms with van der Waals surface area (Å²) < 4.78 is 90.5. The predicted molar refractivity (Wildman–Crippen MR) is 153 cm³/mol. The summed E-state index contributed by atoms with van der Waals surface area (Å²) in [5.74, 6) is -13.7. The van der Waals surface area contributed by atoms with Crippen LogP contribution < -0.4 is 15.4 Å². The van der Waals surface area contributed by atoms with Crippen LogP contribution >= 0.6 is 11.6 Å². The van der Waals surface area contributed by atoms with Gasteiger partial charge in [-0.05, 0) is 53.5 Å². The molecule has 2 saturated carbocycles. The second-order valence-corrected chi connectivity index (χ2v) is 14.8. The van der Waals surface area contributed by atoms with Crippen molar-refractivity contribution in [1.29, 1.82) is 5.26 Å². The smallest absolute Gasteiger partial charge is 0.400 e. The third kappa shape index (κ3) is 5.21. The molecular weight excluding hydrogens is 674 g/mol. The predicted octanol–water partition coefficient (Wildman–Crippen LogP) is 3.23. The van der Waals surface area contributed by atoms with Gasteiger partial charge in [-0.2, -0.15) is 22.8 Å². The van der Waals surface area contributed by atoms with Gasteiger partial charge in [0.1, 0.15) is 30.1 Å². The number of amides is 4. The van der Waals surface area contributed by atoms with Crippen LogP contribution in [0.25, 0.3) is 0 Å². The number of likely N-dealkylation sites (tertiary alicyclic amines) is 2. The lowest BCUT2D eigenvalue weighted by Gasteiger charge is -2.39. The number of pyridine rings is 1. The molecule has 4 fully saturated rings. The summed E-state index contributed by atoms with van der Waals surface area (Å²) >= 11 is 4.50. The molecule has 260 valence electrons. The number of fused-ring (bicyclic) bond motifs is 6. The molecule has 0 aromatic carbocycles. The fraction of sp³-hybridized carbons (Fsp3) is 0.667. The summed E-state index contributed by atoms with van der Waals surface area (Å²) in [4.78, 5) is 60.3. The molecule has 48 heavy (non-hydrogen) atoms. The maximum Gasteiger partial charge on any atom is 0.400 e. The molecule has 4 amide bonds. The SMILES string of the molecule is CC(C)(C)C(NC(=O)C(F)(F)C(F)(F)Cl)C(=O)N1CC2C3CC(F)C(C3)C2C1C(=O)N1CC2(CC1C#N)Oc1cc(F)cnc1NC2=O. The minimum absolute atomic E-state index is 0.0792. The van der Waals surface area contributed by atoms with E-state index in [2.05, 4.69) is 21.9 Å². The number of aromatic nitrogens is 1. The molecule has 9 unspecified atom stereocenters. The summed E-state index contributed by atoms with van der Waals surface area (Å²) in [6.07, 6.45) is -0.213. The van der Waals surface area contributed by atoms with Crippen molar-refractivity contribution in [2.24, 2.45) is 29.1 Å². The molecule has 1 aromatic heterocycles. The van der Waals surface area contributed by atoms with Crippen molar-refractivity contribution in [2.75, 3.05) is 18.4 Å². The van der Waals surface area contributed by atoms with Crippen molar-refractivity contribution in [3.05, 3.63) is 18.1 Å². The molecule has 5 aliphatic rings. The van der Waals surface area contributed by atoms with Crippen LogP contribution in [0.3, 0.4) is 0 Å². The topological polar surface area (TPSA) is 145 Å². The highest BCUT2D eigenvalue weighted by atomic mass is 35.5. The molecule has 3 aliphatic heterocycles. The van der Waals surface area contributed by atoms with Crippen molar-refractivity contribution in [2.45, 2.75) is 81.2 Å². The van der Waals surface area contributed by atoms with E-state index in [9.17, 15) is 46.4 Å². The molecular formula is C30H31ClF6N6O5. The second kappa shape index (κ2) is 11.1. The van der Waals surface area contributed by atoms with Crippen LogP contribution in [0.5, 0.6) is 5.75 Å². The number of halogens is 7. The van der Waals surface area contributed by atoms with E-state index in [4.69, 9.17) is 4.74 Å². The van der Waals surface area contributed by atoms with Gasteiger partial charge in [-0.25, -0.2) is 13.8 Å². The van der Waals surface area contributed by atoms with Crippen molar-refractivity contribution >= 4 is 41.0 Å². The number of rotatable bonds is 5. The van der Waals surface area contributed by atoms with Gasteiger partial charge in [-0.15, -0.1) is 0 Å². The fourth-order valence-corrected chi connectivity index (χ4v) is 8.20. The zero-order valence-electron chi connectivity index (χ0n) is 25.8. The van der Waals surface area contributed by atoms with Gasteiger partial charge >= 0.3 is 11.3 Å². The zero-order valence-corrected chi connectivity index (χ0v) is 26.5. The average Bonchev–Trinajstić information content (AvgIpc) is 3.74. The van der Waals surface area contributed by atoms with Crippen LogP contribution in [0, 0.1) is 46.2 Å². The maximum absolute atomic E-state index is 15.2. The van der Waals surface area contributed by atoms with Gasteiger partial charge in [0.15, 0.2) is 11.6 Å². The number of carbonyl (C=O) groups excluding carboxylic acids is 4. The number of nitrogens with one attached hydrogen (secondary N) is 2. The van der Waals surface area contributed by atoms with Gasteiger partial charge in [-0.1, -0.05) is 20.8 Å².